The highest BCUT2D eigenvalue weighted by Gasteiger charge is 2.24. The Morgan fingerprint density at radius 2 is 2.36 bits per heavy atom. The molecule has 1 saturated heterocycles. The van der Waals surface area contributed by atoms with Crippen molar-refractivity contribution in [2.24, 2.45) is 0 Å². The van der Waals surface area contributed by atoms with Gasteiger partial charge in [0.1, 0.15) is 0 Å². The number of alkyl halides is 2. The molecule has 5 nitrogen and oxygen atoms in total. The van der Waals surface area contributed by atoms with Gasteiger partial charge in [0.15, 0.2) is 0 Å². The Balaban J connectivity index is 1.75. The summed E-state index contributed by atoms with van der Waals surface area (Å²) in [4.78, 5) is 13.9. The molecule has 1 fully saturated rings. The van der Waals surface area contributed by atoms with Gasteiger partial charge in [0, 0.05) is 29.9 Å². The van der Waals surface area contributed by atoms with Crippen molar-refractivity contribution in [3.8, 4) is 0 Å². The number of urea groups is 1. The van der Waals surface area contributed by atoms with Crippen LogP contribution in [-0.2, 0) is 0 Å². The number of nitrogens with zero attached hydrogens (tertiary/aromatic N) is 3. The van der Waals surface area contributed by atoms with Crippen molar-refractivity contribution in [2.75, 3.05) is 23.9 Å². The lowest BCUT2D eigenvalue weighted by Gasteiger charge is -2.24. The predicted octanol–water partition coefficient (Wildman–Crippen LogP) is 3.40. The molecule has 3 rings (SSSR count). The van der Waals surface area contributed by atoms with E-state index in [1.165, 1.54) is 12.3 Å². The van der Waals surface area contributed by atoms with Gasteiger partial charge in [-0.05, 0) is 30.4 Å². The third-order valence-electron chi connectivity index (χ3n) is 3.81. The summed E-state index contributed by atoms with van der Waals surface area (Å²) in [6.07, 6.45) is 2.36. The van der Waals surface area contributed by atoms with Gasteiger partial charge in [-0.2, -0.15) is 25.6 Å². The number of hydrogen-bond donors (Lipinski definition) is 1. The molecule has 2 heterocycles. The van der Waals surface area contributed by atoms with Crippen LogP contribution >= 0.6 is 11.8 Å². The van der Waals surface area contributed by atoms with Crippen molar-refractivity contribution in [3.63, 3.8) is 0 Å². The van der Waals surface area contributed by atoms with Crippen LogP contribution in [0.4, 0.5) is 19.3 Å². The zero-order valence-electron chi connectivity index (χ0n) is 12.0. The number of carbonyl (C=O) groups is 1. The number of carbonyl (C=O) groups excluding carboxylic acids is 1. The molecule has 0 radical (unpaired) electrons. The van der Waals surface area contributed by atoms with Crippen molar-refractivity contribution < 1.29 is 13.6 Å². The summed E-state index contributed by atoms with van der Waals surface area (Å²) in [5, 5.41) is 7.02. The second kappa shape index (κ2) is 6.12. The van der Waals surface area contributed by atoms with Gasteiger partial charge in [0.2, 0.25) is 0 Å². The molecule has 2 amide bonds. The minimum absolute atomic E-state index is 0.187. The summed E-state index contributed by atoms with van der Waals surface area (Å²) in [5.74, 6) is 2.02. The number of aromatic nitrogens is 2. The number of thioether (sulfide) groups is 1. The number of halogens is 2. The van der Waals surface area contributed by atoms with Crippen LogP contribution in [0, 0.1) is 0 Å². The summed E-state index contributed by atoms with van der Waals surface area (Å²) in [6, 6.07) is 4.85. The van der Waals surface area contributed by atoms with Crippen LogP contribution in [-0.4, -0.2) is 45.3 Å². The molecule has 118 valence electrons. The van der Waals surface area contributed by atoms with Crippen molar-refractivity contribution in [3.05, 3.63) is 24.4 Å². The van der Waals surface area contributed by atoms with Crippen LogP contribution in [0.15, 0.2) is 24.4 Å². The molecule has 1 N–H and O–H groups in total. The summed E-state index contributed by atoms with van der Waals surface area (Å²) in [7, 11) is 1.78. The molecule has 0 unspecified atom stereocenters. The summed E-state index contributed by atoms with van der Waals surface area (Å²) >= 11 is 1.84. The molecule has 0 saturated carbocycles. The fraction of sp³-hybridized carbons (Fsp3) is 0.429. The smallest absolute Gasteiger partial charge is 0.324 e. The van der Waals surface area contributed by atoms with E-state index in [9.17, 15) is 13.6 Å². The van der Waals surface area contributed by atoms with Crippen LogP contribution < -0.4 is 5.32 Å². The zero-order chi connectivity index (χ0) is 15.7. The van der Waals surface area contributed by atoms with E-state index in [1.54, 1.807) is 24.1 Å². The van der Waals surface area contributed by atoms with Crippen LogP contribution in [0.2, 0.25) is 0 Å². The number of fused-ring (bicyclic) bond motifs is 1. The molecule has 22 heavy (non-hydrogen) atoms. The average Bonchev–Trinajstić information content (AvgIpc) is 3.15. The van der Waals surface area contributed by atoms with Crippen LogP contribution in [0.25, 0.3) is 10.9 Å². The van der Waals surface area contributed by atoms with Crippen molar-refractivity contribution in [2.45, 2.75) is 19.0 Å². The molecule has 1 aromatic carbocycles. The van der Waals surface area contributed by atoms with Crippen molar-refractivity contribution in [1.82, 2.24) is 14.7 Å². The van der Waals surface area contributed by atoms with Gasteiger partial charge in [-0.15, -0.1) is 0 Å². The number of rotatable bonds is 3. The van der Waals surface area contributed by atoms with Gasteiger partial charge in [0.05, 0.1) is 11.7 Å². The summed E-state index contributed by atoms with van der Waals surface area (Å²) in [6.45, 7) is -2.68. The lowest BCUT2D eigenvalue weighted by Crippen LogP contribution is -2.39. The predicted molar refractivity (Wildman–Crippen MR) is 83.5 cm³/mol. The van der Waals surface area contributed by atoms with Crippen molar-refractivity contribution >= 4 is 34.4 Å². The molecule has 1 atom stereocenters. The Bertz CT molecular complexity index is 685. The monoisotopic (exact) mass is 326 g/mol. The molecular formula is C14H16F2N4OS. The van der Waals surface area contributed by atoms with E-state index in [4.69, 9.17) is 0 Å². The van der Waals surface area contributed by atoms with Crippen LogP contribution in [0.3, 0.4) is 0 Å². The minimum atomic E-state index is -2.68. The maximum absolute atomic E-state index is 12.7. The molecule has 8 heteroatoms. The second-order valence-corrected chi connectivity index (χ2v) is 6.35. The van der Waals surface area contributed by atoms with E-state index < -0.39 is 6.55 Å². The van der Waals surface area contributed by atoms with Gasteiger partial charge in [0.25, 0.3) is 0 Å². The van der Waals surface area contributed by atoms with E-state index in [0.29, 0.717) is 21.3 Å². The summed E-state index contributed by atoms with van der Waals surface area (Å²) in [5.41, 5.74) is 0.914. The Morgan fingerprint density at radius 3 is 3.05 bits per heavy atom. The van der Waals surface area contributed by atoms with Gasteiger partial charge >= 0.3 is 12.6 Å². The van der Waals surface area contributed by atoms with E-state index >= 15 is 0 Å². The topological polar surface area (TPSA) is 50.2 Å². The maximum atomic E-state index is 12.7. The van der Waals surface area contributed by atoms with E-state index in [2.05, 4.69) is 10.4 Å². The largest absolute Gasteiger partial charge is 0.333 e. The molecule has 1 aliphatic rings. The third kappa shape index (κ3) is 2.87. The number of nitrogens with one attached hydrogen (secondary N) is 1. The van der Waals surface area contributed by atoms with Crippen LogP contribution in [0.1, 0.15) is 13.0 Å². The third-order valence-corrected chi connectivity index (χ3v) is 4.95. The first-order valence-electron chi connectivity index (χ1n) is 6.93. The van der Waals surface area contributed by atoms with Gasteiger partial charge in [-0.1, -0.05) is 0 Å². The van der Waals surface area contributed by atoms with Crippen molar-refractivity contribution in [1.29, 1.82) is 0 Å². The summed E-state index contributed by atoms with van der Waals surface area (Å²) < 4.78 is 26.1. The zero-order valence-corrected chi connectivity index (χ0v) is 12.8. The van der Waals surface area contributed by atoms with E-state index in [1.807, 2.05) is 11.8 Å². The Labute approximate surface area is 130 Å². The number of benzene rings is 1. The van der Waals surface area contributed by atoms with Crippen LogP contribution in [0.5, 0.6) is 0 Å². The fourth-order valence-corrected chi connectivity index (χ4v) is 3.76. The first-order valence-corrected chi connectivity index (χ1v) is 8.08. The van der Waals surface area contributed by atoms with Gasteiger partial charge in [-0.3, -0.25) is 0 Å². The molecule has 0 bridgehead atoms. The van der Waals surface area contributed by atoms with Gasteiger partial charge in [-0.25, -0.2) is 9.48 Å². The molecule has 2 aromatic rings. The molecule has 0 spiro atoms. The first kappa shape index (κ1) is 15.1. The molecule has 0 aliphatic carbocycles. The highest BCUT2D eigenvalue weighted by Crippen LogP contribution is 2.24. The number of anilines is 1. The van der Waals surface area contributed by atoms with E-state index in [0.717, 1.165) is 17.9 Å². The quantitative estimate of drug-likeness (QED) is 0.940. The lowest BCUT2D eigenvalue weighted by atomic mass is 10.2. The average molecular weight is 326 g/mol. The SMILES string of the molecule is CN(C(=O)Nc1ccc2c(cnn2C(F)F)c1)[C@@H]1CCSC1. The molecular weight excluding hydrogens is 310 g/mol. The second-order valence-electron chi connectivity index (χ2n) is 5.20. The van der Waals surface area contributed by atoms with E-state index in [-0.39, 0.29) is 12.1 Å². The Morgan fingerprint density at radius 1 is 1.55 bits per heavy atom. The molecule has 1 aromatic heterocycles. The normalized spacial score (nSPS) is 18.1. The van der Waals surface area contributed by atoms with Gasteiger partial charge < -0.3 is 10.2 Å². The maximum Gasteiger partial charge on any atom is 0.333 e. The lowest BCUT2D eigenvalue weighted by molar-refractivity contribution is 0.0615. The highest BCUT2D eigenvalue weighted by atomic mass is 32.2. The minimum Gasteiger partial charge on any atom is -0.324 e. The fourth-order valence-electron chi connectivity index (χ4n) is 2.49. The molecule has 1 aliphatic heterocycles. The Hall–Kier alpha value is -1.83. The number of amides is 2. The standard InChI is InChI=1S/C14H16F2N4OS/c1-19(11-4-5-22-8-11)14(21)18-10-2-3-12-9(6-10)7-17-20(12)13(15)16/h2-3,6-7,11,13H,4-5,8H2,1H3,(H,18,21)/t11-/m1/s1. The highest BCUT2D eigenvalue weighted by molar-refractivity contribution is 7.99. The number of hydrogen-bond acceptors (Lipinski definition) is 3. The first-order chi connectivity index (χ1) is 10.6. The Kier molecular flexibility index (Phi) is 4.19.